The van der Waals surface area contributed by atoms with Crippen LogP contribution in [0, 0.1) is 0 Å². The summed E-state index contributed by atoms with van der Waals surface area (Å²) in [6.07, 6.45) is -3.76. The van der Waals surface area contributed by atoms with Gasteiger partial charge in [-0.2, -0.15) is 24.5 Å². The third-order valence-electron chi connectivity index (χ3n) is 2.84. The Balaban J connectivity index is 1.96. The summed E-state index contributed by atoms with van der Waals surface area (Å²) < 4.78 is 42.9. The van der Waals surface area contributed by atoms with Gasteiger partial charge in [-0.1, -0.05) is 11.6 Å². The van der Waals surface area contributed by atoms with Crippen molar-refractivity contribution in [3.8, 4) is 5.75 Å². The molecule has 0 fully saturated rings. The Kier molecular flexibility index (Phi) is 5.13. The second-order valence-corrected chi connectivity index (χ2v) is 5.66. The molecule has 0 spiro atoms. The van der Waals surface area contributed by atoms with E-state index in [1.54, 1.807) is 11.3 Å². The minimum absolute atomic E-state index is 0.101. The van der Waals surface area contributed by atoms with Crippen LogP contribution < -0.4 is 10.5 Å². The van der Waals surface area contributed by atoms with Crippen molar-refractivity contribution in [2.45, 2.75) is 25.2 Å². The van der Waals surface area contributed by atoms with Crippen molar-refractivity contribution in [3.05, 3.63) is 51.2 Å². The molecule has 0 aliphatic rings. The first-order valence-electron chi connectivity index (χ1n) is 6.16. The fourth-order valence-corrected chi connectivity index (χ4v) is 2.67. The van der Waals surface area contributed by atoms with Crippen LogP contribution in [0.25, 0.3) is 0 Å². The van der Waals surface area contributed by atoms with E-state index in [2.05, 4.69) is 0 Å². The molecule has 21 heavy (non-hydrogen) atoms. The minimum Gasteiger partial charge on any atom is -0.474 e. The lowest BCUT2D eigenvalue weighted by atomic mass is 10.2. The molecular formula is C14H13ClF3NOS. The van der Waals surface area contributed by atoms with Gasteiger partial charge < -0.3 is 4.74 Å². The average molecular weight is 336 g/mol. The number of aryl methyl sites for hydroxylation is 1. The van der Waals surface area contributed by atoms with Crippen LogP contribution in [-0.4, -0.2) is 6.23 Å². The standard InChI is InChI=1S/C14H13ClF3NOS/c15-11-7-10(14(16,17)18)2-3-12(11)20-13(19)4-1-9-5-6-21-8-9/h2-3,5-8,13H,1,4,19H2. The fraction of sp³-hybridized carbons (Fsp3) is 0.286. The highest BCUT2D eigenvalue weighted by Gasteiger charge is 2.31. The molecule has 2 rings (SSSR count). The van der Waals surface area contributed by atoms with Gasteiger partial charge in [0.15, 0.2) is 0 Å². The smallest absolute Gasteiger partial charge is 0.416 e. The van der Waals surface area contributed by atoms with E-state index < -0.39 is 18.0 Å². The van der Waals surface area contributed by atoms with Crippen LogP contribution in [0.3, 0.4) is 0 Å². The van der Waals surface area contributed by atoms with E-state index in [1.165, 1.54) is 6.07 Å². The van der Waals surface area contributed by atoms with Crippen LogP contribution in [-0.2, 0) is 12.6 Å². The first kappa shape index (κ1) is 16.1. The summed E-state index contributed by atoms with van der Waals surface area (Å²) in [4.78, 5) is 0. The van der Waals surface area contributed by atoms with Gasteiger partial charge in [0.2, 0.25) is 0 Å². The van der Waals surface area contributed by atoms with Crippen LogP contribution in [0.4, 0.5) is 13.2 Å². The number of rotatable bonds is 5. The summed E-state index contributed by atoms with van der Waals surface area (Å²) in [6, 6.07) is 4.94. The second-order valence-electron chi connectivity index (χ2n) is 4.47. The third kappa shape index (κ3) is 4.62. The highest BCUT2D eigenvalue weighted by molar-refractivity contribution is 7.07. The molecule has 1 aromatic carbocycles. The van der Waals surface area contributed by atoms with Gasteiger partial charge in [-0.25, -0.2) is 0 Å². The fourth-order valence-electron chi connectivity index (χ4n) is 1.74. The van der Waals surface area contributed by atoms with E-state index in [0.29, 0.717) is 6.42 Å². The summed E-state index contributed by atoms with van der Waals surface area (Å²) in [5, 5.41) is 3.88. The Morgan fingerprint density at radius 2 is 2.05 bits per heavy atom. The summed E-state index contributed by atoms with van der Waals surface area (Å²) in [7, 11) is 0. The number of benzene rings is 1. The van der Waals surface area contributed by atoms with Crippen molar-refractivity contribution < 1.29 is 17.9 Å². The highest BCUT2D eigenvalue weighted by atomic mass is 35.5. The van der Waals surface area contributed by atoms with Crippen molar-refractivity contribution >= 4 is 22.9 Å². The molecule has 2 N–H and O–H groups in total. The van der Waals surface area contributed by atoms with Gasteiger partial charge in [-0.15, -0.1) is 0 Å². The van der Waals surface area contributed by atoms with Gasteiger partial charge in [-0.3, -0.25) is 5.73 Å². The number of hydrogen-bond donors (Lipinski definition) is 1. The topological polar surface area (TPSA) is 35.2 Å². The Labute approximate surface area is 129 Å². The molecular weight excluding hydrogens is 323 g/mol. The van der Waals surface area contributed by atoms with E-state index in [4.69, 9.17) is 22.1 Å². The Bertz CT molecular complexity index is 586. The summed E-state index contributed by atoms with van der Waals surface area (Å²) >= 11 is 7.39. The first-order valence-corrected chi connectivity index (χ1v) is 7.48. The molecule has 7 heteroatoms. The monoisotopic (exact) mass is 335 g/mol. The molecule has 0 aliphatic carbocycles. The molecule has 1 heterocycles. The number of thiophene rings is 1. The Morgan fingerprint density at radius 1 is 1.29 bits per heavy atom. The number of alkyl halides is 3. The van der Waals surface area contributed by atoms with Crippen molar-refractivity contribution in [2.24, 2.45) is 5.73 Å². The SMILES string of the molecule is NC(CCc1ccsc1)Oc1ccc(C(F)(F)F)cc1Cl. The maximum absolute atomic E-state index is 12.5. The highest BCUT2D eigenvalue weighted by Crippen LogP contribution is 2.34. The summed E-state index contributed by atoms with van der Waals surface area (Å²) in [6.45, 7) is 0. The lowest BCUT2D eigenvalue weighted by Crippen LogP contribution is -2.27. The van der Waals surface area contributed by atoms with Gasteiger partial charge in [-0.05, 0) is 47.0 Å². The zero-order valence-electron chi connectivity index (χ0n) is 10.9. The van der Waals surface area contributed by atoms with Crippen LogP contribution in [0.1, 0.15) is 17.5 Å². The van der Waals surface area contributed by atoms with E-state index in [1.807, 2.05) is 16.8 Å². The van der Waals surface area contributed by atoms with E-state index in [-0.39, 0.29) is 10.8 Å². The van der Waals surface area contributed by atoms with Gasteiger partial charge >= 0.3 is 6.18 Å². The third-order valence-corrected chi connectivity index (χ3v) is 3.86. The molecule has 114 valence electrons. The van der Waals surface area contributed by atoms with Crippen molar-refractivity contribution in [1.29, 1.82) is 0 Å². The first-order chi connectivity index (χ1) is 9.86. The second kappa shape index (κ2) is 6.68. The maximum atomic E-state index is 12.5. The molecule has 1 unspecified atom stereocenters. The predicted molar refractivity (Wildman–Crippen MR) is 77.7 cm³/mol. The maximum Gasteiger partial charge on any atom is 0.416 e. The van der Waals surface area contributed by atoms with Crippen molar-refractivity contribution in [1.82, 2.24) is 0 Å². The number of nitrogens with two attached hydrogens (primary N) is 1. The van der Waals surface area contributed by atoms with Crippen LogP contribution >= 0.6 is 22.9 Å². The largest absolute Gasteiger partial charge is 0.474 e. The molecule has 1 aromatic heterocycles. The summed E-state index contributed by atoms with van der Waals surface area (Å²) in [5.74, 6) is 0.155. The molecule has 0 bridgehead atoms. The molecule has 0 saturated heterocycles. The van der Waals surface area contributed by atoms with E-state index in [0.717, 1.165) is 24.1 Å². The van der Waals surface area contributed by atoms with Crippen molar-refractivity contribution in [2.75, 3.05) is 0 Å². The molecule has 0 aliphatic heterocycles. The Morgan fingerprint density at radius 3 is 2.62 bits per heavy atom. The summed E-state index contributed by atoms with van der Waals surface area (Å²) in [5.41, 5.74) is 6.15. The predicted octanol–water partition coefficient (Wildman–Crippen LogP) is 4.72. The molecule has 0 radical (unpaired) electrons. The minimum atomic E-state index is -4.43. The molecule has 1 atom stereocenters. The normalized spacial score (nSPS) is 13.2. The average Bonchev–Trinajstić information content (AvgIpc) is 2.91. The van der Waals surface area contributed by atoms with E-state index >= 15 is 0 Å². The van der Waals surface area contributed by atoms with Gasteiger partial charge in [0.05, 0.1) is 10.6 Å². The number of ether oxygens (including phenoxy) is 1. The molecule has 0 saturated carbocycles. The zero-order chi connectivity index (χ0) is 15.5. The van der Waals surface area contributed by atoms with E-state index in [9.17, 15) is 13.2 Å². The van der Waals surface area contributed by atoms with Crippen LogP contribution in [0.5, 0.6) is 5.75 Å². The molecule has 2 aromatic rings. The van der Waals surface area contributed by atoms with Gasteiger partial charge in [0, 0.05) is 6.42 Å². The number of halogens is 4. The number of hydrogen-bond acceptors (Lipinski definition) is 3. The van der Waals surface area contributed by atoms with Gasteiger partial charge in [0.25, 0.3) is 0 Å². The van der Waals surface area contributed by atoms with Crippen molar-refractivity contribution in [3.63, 3.8) is 0 Å². The lowest BCUT2D eigenvalue weighted by molar-refractivity contribution is -0.137. The quantitative estimate of drug-likeness (QED) is 0.803. The molecule has 2 nitrogen and oxygen atoms in total. The molecule has 0 amide bonds. The lowest BCUT2D eigenvalue weighted by Gasteiger charge is -2.16. The Hall–Kier alpha value is -1.24. The van der Waals surface area contributed by atoms with Crippen LogP contribution in [0.2, 0.25) is 5.02 Å². The van der Waals surface area contributed by atoms with Gasteiger partial charge in [0.1, 0.15) is 12.0 Å². The zero-order valence-corrected chi connectivity index (χ0v) is 12.4. The van der Waals surface area contributed by atoms with Crippen LogP contribution in [0.15, 0.2) is 35.0 Å².